The average molecular weight is 221 g/mol. The number of benzene rings is 1. The van der Waals surface area contributed by atoms with Gasteiger partial charge in [-0.2, -0.15) is 0 Å². The third-order valence-electron chi connectivity index (χ3n) is 2.13. The average Bonchev–Trinajstić information content (AvgIpc) is 2.62. The summed E-state index contributed by atoms with van der Waals surface area (Å²) in [7, 11) is 0. The summed E-state index contributed by atoms with van der Waals surface area (Å²) in [6, 6.07) is 9.53. The molecular formula is C11H11NO2S. The fraction of sp³-hybridized carbons (Fsp3) is 0.182. The van der Waals surface area contributed by atoms with Gasteiger partial charge >= 0.3 is 5.97 Å². The van der Waals surface area contributed by atoms with Crippen LogP contribution in [0.1, 0.15) is 12.5 Å². The molecule has 1 aromatic carbocycles. The Balaban J connectivity index is 2.42. The third-order valence-corrected chi connectivity index (χ3v) is 3.21. The number of carbonyl (C=O) groups is 1. The summed E-state index contributed by atoms with van der Waals surface area (Å²) in [5, 5.41) is 12.3. The molecule has 1 aliphatic rings. The van der Waals surface area contributed by atoms with Crippen LogP contribution in [-0.4, -0.2) is 16.4 Å². The zero-order valence-corrected chi connectivity index (χ0v) is 9.04. The van der Waals surface area contributed by atoms with Crippen molar-refractivity contribution < 1.29 is 9.90 Å². The van der Waals surface area contributed by atoms with Gasteiger partial charge in [-0.1, -0.05) is 42.1 Å². The third kappa shape index (κ3) is 1.99. The second-order valence-corrected chi connectivity index (χ2v) is 4.63. The molecule has 0 aromatic heterocycles. The van der Waals surface area contributed by atoms with E-state index in [-0.39, 0.29) is 5.37 Å². The molecule has 2 N–H and O–H groups in total. The Kier molecular flexibility index (Phi) is 2.68. The Bertz CT molecular complexity index is 414. The lowest BCUT2D eigenvalue weighted by molar-refractivity contribution is -0.131. The molecule has 1 unspecified atom stereocenters. The van der Waals surface area contributed by atoms with Crippen LogP contribution in [0, 0.1) is 0 Å². The second-order valence-electron chi connectivity index (χ2n) is 3.28. The first-order valence-electron chi connectivity index (χ1n) is 4.64. The van der Waals surface area contributed by atoms with Crippen molar-refractivity contribution in [2.45, 2.75) is 12.3 Å². The number of carboxylic acids is 1. The number of rotatable bonds is 2. The topological polar surface area (TPSA) is 49.3 Å². The van der Waals surface area contributed by atoms with E-state index in [1.54, 1.807) is 0 Å². The summed E-state index contributed by atoms with van der Waals surface area (Å²) in [6.07, 6.45) is 0. The lowest BCUT2D eigenvalue weighted by Gasteiger charge is -2.06. The van der Waals surface area contributed by atoms with Crippen LogP contribution in [0.2, 0.25) is 0 Å². The number of aliphatic carboxylic acids is 1. The molecule has 78 valence electrons. The van der Waals surface area contributed by atoms with E-state index in [9.17, 15) is 4.79 Å². The van der Waals surface area contributed by atoms with Crippen LogP contribution in [0.15, 0.2) is 35.2 Å². The fourth-order valence-corrected chi connectivity index (χ4v) is 2.44. The summed E-state index contributed by atoms with van der Waals surface area (Å²) in [4.78, 5) is 11.4. The van der Waals surface area contributed by atoms with E-state index in [1.807, 2.05) is 37.3 Å². The molecule has 1 heterocycles. The monoisotopic (exact) mass is 221 g/mol. The molecule has 0 spiro atoms. The van der Waals surface area contributed by atoms with Crippen molar-refractivity contribution in [1.29, 1.82) is 0 Å². The van der Waals surface area contributed by atoms with Gasteiger partial charge in [0.1, 0.15) is 4.91 Å². The van der Waals surface area contributed by atoms with Crippen molar-refractivity contribution in [2.24, 2.45) is 0 Å². The molecule has 1 atom stereocenters. The van der Waals surface area contributed by atoms with Crippen molar-refractivity contribution in [3.63, 3.8) is 0 Å². The maximum absolute atomic E-state index is 11.0. The fourth-order valence-electron chi connectivity index (χ4n) is 1.51. The summed E-state index contributed by atoms with van der Waals surface area (Å²) in [5.74, 6) is -0.865. The van der Waals surface area contributed by atoms with Crippen LogP contribution in [0.3, 0.4) is 0 Å². The second kappa shape index (κ2) is 3.98. The van der Waals surface area contributed by atoms with E-state index in [0.29, 0.717) is 4.91 Å². The summed E-state index contributed by atoms with van der Waals surface area (Å²) in [6.45, 7) is 1.95. The zero-order chi connectivity index (χ0) is 10.8. The van der Waals surface area contributed by atoms with E-state index >= 15 is 0 Å². The van der Waals surface area contributed by atoms with Gasteiger partial charge in [-0.25, -0.2) is 4.79 Å². The highest BCUT2D eigenvalue weighted by Crippen LogP contribution is 2.34. The highest BCUT2D eigenvalue weighted by atomic mass is 32.2. The molecule has 2 rings (SSSR count). The first-order valence-corrected chi connectivity index (χ1v) is 5.52. The van der Waals surface area contributed by atoms with E-state index in [4.69, 9.17) is 5.11 Å². The van der Waals surface area contributed by atoms with Gasteiger partial charge in [-0.3, -0.25) is 0 Å². The van der Waals surface area contributed by atoms with Gasteiger partial charge < -0.3 is 10.4 Å². The van der Waals surface area contributed by atoms with Crippen LogP contribution in [0.5, 0.6) is 0 Å². The number of hydrogen-bond acceptors (Lipinski definition) is 3. The molecular weight excluding hydrogens is 210 g/mol. The highest BCUT2D eigenvalue weighted by molar-refractivity contribution is 8.05. The zero-order valence-electron chi connectivity index (χ0n) is 8.23. The molecule has 0 radical (unpaired) electrons. The smallest absolute Gasteiger partial charge is 0.344 e. The van der Waals surface area contributed by atoms with Crippen LogP contribution >= 0.6 is 11.8 Å². The Morgan fingerprint density at radius 1 is 1.40 bits per heavy atom. The van der Waals surface area contributed by atoms with E-state index in [1.165, 1.54) is 11.8 Å². The molecule has 1 aliphatic heterocycles. The molecule has 0 saturated heterocycles. The van der Waals surface area contributed by atoms with Crippen LogP contribution in [0.25, 0.3) is 5.70 Å². The molecule has 0 amide bonds. The maximum Gasteiger partial charge on any atom is 0.344 e. The minimum Gasteiger partial charge on any atom is -0.477 e. The summed E-state index contributed by atoms with van der Waals surface area (Å²) >= 11 is 1.35. The van der Waals surface area contributed by atoms with Crippen molar-refractivity contribution >= 4 is 23.4 Å². The number of hydrogen-bond donors (Lipinski definition) is 2. The lowest BCUT2D eigenvalue weighted by atomic mass is 10.1. The highest BCUT2D eigenvalue weighted by Gasteiger charge is 2.26. The van der Waals surface area contributed by atoms with Crippen molar-refractivity contribution in [3.8, 4) is 0 Å². The number of nitrogens with one attached hydrogen (secondary N) is 1. The summed E-state index contributed by atoms with van der Waals surface area (Å²) in [5.41, 5.74) is 1.65. The van der Waals surface area contributed by atoms with Gasteiger partial charge in [-0.15, -0.1) is 0 Å². The molecule has 4 heteroatoms. The largest absolute Gasteiger partial charge is 0.477 e. The predicted octanol–water partition coefficient (Wildman–Crippen LogP) is 2.12. The first kappa shape index (κ1) is 10.1. The van der Waals surface area contributed by atoms with Gasteiger partial charge in [0, 0.05) is 0 Å². The van der Waals surface area contributed by atoms with E-state index in [0.717, 1.165) is 11.3 Å². The normalized spacial score (nSPS) is 20.2. The van der Waals surface area contributed by atoms with Gasteiger partial charge in [0.05, 0.1) is 11.1 Å². The molecule has 0 aliphatic carbocycles. The van der Waals surface area contributed by atoms with Crippen LogP contribution in [0.4, 0.5) is 0 Å². The molecule has 0 saturated carbocycles. The van der Waals surface area contributed by atoms with E-state index < -0.39 is 5.97 Å². The Labute approximate surface area is 92.2 Å². The van der Waals surface area contributed by atoms with E-state index in [2.05, 4.69) is 5.32 Å². The Morgan fingerprint density at radius 2 is 2.07 bits per heavy atom. The number of carboxylic acid groups (broad SMARTS) is 1. The maximum atomic E-state index is 11.0. The standard InChI is InChI=1S/C11H11NO2S/c1-7-12-9(10(15-7)11(13)14)8-5-3-2-4-6-8/h2-7,12H,1H3,(H,13,14). The number of thioether (sulfide) groups is 1. The van der Waals surface area contributed by atoms with Gasteiger partial charge in [-0.05, 0) is 12.5 Å². The Hall–Kier alpha value is -1.42. The summed E-state index contributed by atoms with van der Waals surface area (Å²) < 4.78 is 0. The van der Waals surface area contributed by atoms with Gasteiger partial charge in [0.15, 0.2) is 0 Å². The van der Waals surface area contributed by atoms with Gasteiger partial charge in [0.25, 0.3) is 0 Å². The molecule has 0 bridgehead atoms. The van der Waals surface area contributed by atoms with Gasteiger partial charge in [0.2, 0.25) is 0 Å². The SMILES string of the molecule is CC1NC(c2ccccc2)=C(C(=O)O)S1. The molecule has 15 heavy (non-hydrogen) atoms. The minimum atomic E-state index is -0.865. The van der Waals surface area contributed by atoms with Crippen LogP contribution < -0.4 is 5.32 Å². The van der Waals surface area contributed by atoms with Crippen molar-refractivity contribution in [1.82, 2.24) is 5.32 Å². The van der Waals surface area contributed by atoms with Crippen LogP contribution in [-0.2, 0) is 4.79 Å². The van der Waals surface area contributed by atoms with Crippen molar-refractivity contribution in [3.05, 3.63) is 40.8 Å². The first-order chi connectivity index (χ1) is 7.18. The Morgan fingerprint density at radius 3 is 2.67 bits per heavy atom. The molecule has 0 fully saturated rings. The quantitative estimate of drug-likeness (QED) is 0.803. The molecule has 1 aromatic rings. The molecule has 3 nitrogen and oxygen atoms in total. The van der Waals surface area contributed by atoms with Crippen molar-refractivity contribution in [2.75, 3.05) is 0 Å². The predicted molar refractivity (Wildman–Crippen MR) is 61.2 cm³/mol. The minimum absolute atomic E-state index is 0.117. The lowest BCUT2D eigenvalue weighted by Crippen LogP contribution is -2.15.